The first-order chi connectivity index (χ1) is 13.2. The van der Waals surface area contributed by atoms with Crippen LogP contribution in [0.4, 0.5) is 13.2 Å². The van der Waals surface area contributed by atoms with Gasteiger partial charge in [-0.05, 0) is 12.1 Å². The molecule has 1 amide bonds. The highest BCUT2D eigenvalue weighted by Crippen LogP contribution is 2.30. The molecular weight excluding hydrogens is 395 g/mol. The first-order valence-electron chi connectivity index (χ1n) is 8.57. The van der Waals surface area contributed by atoms with Gasteiger partial charge in [0.25, 0.3) is 5.56 Å². The maximum Gasteiger partial charge on any atom is 0.417 e. The fourth-order valence-electron chi connectivity index (χ4n) is 3.50. The largest absolute Gasteiger partial charge is 0.417 e. The first kappa shape index (κ1) is 18.6. The number of aromatic amines is 1. The van der Waals surface area contributed by atoms with Crippen LogP contribution in [-0.2, 0) is 30.5 Å². The van der Waals surface area contributed by atoms with Gasteiger partial charge in [0.1, 0.15) is 11.6 Å². The number of aromatic nitrogens is 2. The van der Waals surface area contributed by atoms with Crippen molar-refractivity contribution in [2.75, 3.05) is 6.54 Å². The first-order valence-corrected chi connectivity index (χ1v) is 8.95. The van der Waals surface area contributed by atoms with Crippen LogP contribution in [0.5, 0.6) is 0 Å². The van der Waals surface area contributed by atoms with E-state index in [1.807, 2.05) is 24.3 Å². The molecule has 0 fully saturated rings. The average Bonchev–Trinajstić information content (AvgIpc) is 3.02. The molecule has 0 saturated heterocycles. The van der Waals surface area contributed by atoms with E-state index in [0.717, 1.165) is 26.7 Å². The lowest BCUT2D eigenvalue weighted by atomic mass is 10.0. The number of hydrogen-bond acceptors (Lipinski definition) is 2. The number of para-hydroxylation sites is 1. The average molecular weight is 410 g/mol. The Morgan fingerprint density at radius 1 is 1.25 bits per heavy atom. The molecule has 0 unspecified atom stereocenters. The molecule has 1 N–H and O–H groups in total. The third-order valence-electron chi connectivity index (χ3n) is 4.91. The maximum absolute atomic E-state index is 13.0. The van der Waals surface area contributed by atoms with Gasteiger partial charge in [0.05, 0.1) is 5.56 Å². The van der Waals surface area contributed by atoms with E-state index in [9.17, 15) is 22.8 Å². The quantitative estimate of drug-likeness (QED) is 0.703. The SMILES string of the molecule is O=C(Cn1cc(C(F)(F)F)cc(Cl)c1=O)N1CCc2[nH]c3ccccc3c2C1. The number of benzene rings is 1. The number of fused-ring (bicyclic) bond motifs is 3. The number of nitrogens with zero attached hydrogens (tertiary/aromatic N) is 2. The number of halogens is 4. The number of carbonyl (C=O) groups is 1. The van der Waals surface area contributed by atoms with Crippen LogP contribution in [0.25, 0.3) is 10.9 Å². The Balaban J connectivity index is 1.60. The van der Waals surface area contributed by atoms with Crippen molar-refractivity contribution in [2.45, 2.75) is 25.7 Å². The molecule has 0 radical (unpaired) electrons. The van der Waals surface area contributed by atoms with Crippen LogP contribution in [0.1, 0.15) is 16.8 Å². The number of alkyl halides is 3. The van der Waals surface area contributed by atoms with Crippen molar-refractivity contribution in [2.24, 2.45) is 0 Å². The van der Waals surface area contributed by atoms with Crippen molar-refractivity contribution >= 4 is 28.4 Å². The predicted octanol–water partition coefficient (Wildman–Crippen LogP) is 3.59. The maximum atomic E-state index is 13.0. The van der Waals surface area contributed by atoms with Crippen molar-refractivity contribution in [3.8, 4) is 0 Å². The van der Waals surface area contributed by atoms with Gasteiger partial charge in [-0.15, -0.1) is 0 Å². The van der Waals surface area contributed by atoms with E-state index in [4.69, 9.17) is 11.6 Å². The molecule has 5 nitrogen and oxygen atoms in total. The summed E-state index contributed by atoms with van der Waals surface area (Å²) in [5, 5.41) is 0.439. The van der Waals surface area contributed by atoms with Gasteiger partial charge < -0.3 is 14.5 Å². The third kappa shape index (κ3) is 3.28. The molecule has 0 saturated carbocycles. The Morgan fingerprint density at radius 2 is 2.00 bits per heavy atom. The molecule has 3 heterocycles. The van der Waals surface area contributed by atoms with E-state index in [-0.39, 0.29) is 0 Å². The van der Waals surface area contributed by atoms with Crippen LogP contribution in [0, 0.1) is 0 Å². The molecule has 0 aliphatic carbocycles. The summed E-state index contributed by atoms with van der Waals surface area (Å²) in [5.41, 5.74) is 1.12. The minimum Gasteiger partial charge on any atom is -0.358 e. The molecule has 28 heavy (non-hydrogen) atoms. The minimum absolute atomic E-state index is 0.333. The van der Waals surface area contributed by atoms with E-state index >= 15 is 0 Å². The molecule has 0 bridgehead atoms. The standard InChI is InChI=1S/C19H15ClF3N3O2/c20-14-7-11(19(21,22)23)8-26(18(14)28)10-17(27)25-6-5-16-13(9-25)12-3-1-2-4-15(12)24-16/h1-4,7-8,24H,5-6,9-10H2. The summed E-state index contributed by atoms with van der Waals surface area (Å²) >= 11 is 5.65. The van der Waals surface area contributed by atoms with Gasteiger partial charge in [0.15, 0.2) is 0 Å². The lowest BCUT2D eigenvalue weighted by Gasteiger charge is -2.27. The smallest absolute Gasteiger partial charge is 0.358 e. The molecule has 3 aromatic rings. The Kier molecular flexibility index (Phi) is 4.45. The zero-order valence-electron chi connectivity index (χ0n) is 14.5. The molecule has 1 aromatic carbocycles. The van der Waals surface area contributed by atoms with E-state index < -0.39 is 34.8 Å². The number of pyridine rings is 1. The topological polar surface area (TPSA) is 58.1 Å². The van der Waals surface area contributed by atoms with Crippen molar-refractivity contribution in [3.05, 3.63) is 68.7 Å². The number of amides is 1. The molecule has 9 heteroatoms. The fraction of sp³-hybridized carbons (Fsp3) is 0.263. The summed E-state index contributed by atoms with van der Waals surface area (Å²) in [5.74, 6) is -0.437. The predicted molar refractivity (Wildman–Crippen MR) is 98.1 cm³/mol. The number of hydrogen-bond donors (Lipinski definition) is 1. The van der Waals surface area contributed by atoms with Gasteiger partial charge >= 0.3 is 6.18 Å². The van der Waals surface area contributed by atoms with E-state index in [1.165, 1.54) is 0 Å². The van der Waals surface area contributed by atoms with Crippen LogP contribution < -0.4 is 5.56 Å². The molecule has 0 spiro atoms. The summed E-state index contributed by atoms with van der Waals surface area (Å²) in [6.07, 6.45) is -3.42. The second kappa shape index (κ2) is 6.70. The van der Waals surface area contributed by atoms with Gasteiger partial charge in [0.2, 0.25) is 5.91 Å². The summed E-state index contributed by atoms with van der Waals surface area (Å²) in [4.78, 5) is 29.7. The van der Waals surface area contributed by atoms with Crippen LogP contribution in [0.15, 0.2) is 41.3 Å². The van der Waals surface area contributed by atoms with Gasteiger partial charge in [-0.1, -0.05) is 29.8 Å². The highest BCUT2D eigenvalue weighted by molar-refractivity contribution is 6.30. The Bertz CT molecular complexity index is 1130. The zero-order valence-corrected chi connectivity index (χ0v) is 15.3. The lowest BCUT2D eigenvalue weighted by Crippen LogP contribution is -2.39. The summed E-state index contributed by atoms with van der Waals surface area (Å²) < 4.78 is 39.7. The minimum atomic E-state index is -4.66. The molecule has 1 aliphatic heterocycles. The third-order valence-corrected chi connectivity index (χ3v) is 5.18. The highest BCUT2D eigenvalue weighted by atomic mass is 35.5. The second-order valence-electron chi connectivity index (χ2n) is 6.70. The van der Waals surface area contributed by atoms with Crippen LogP contribution in [-0.4, -0.2) is 26.9 Å². The van der Waals surface area contributed by atoms with Crippen molar-refractivity contribution in [3.63, 3.8) is 0 Å². The highest BCUT2D eigenvalue weighted by Gasteiger charge is 2.32. The Labute approximate surface area is 162 Å². The lowest BCUT2D eigenvalue weighted by molar-refractivity contribution is -0.139. The Morgan fingerprint density at radius 3 is 2.75 bits per heavy atom. The van der Waals surface area contributed by atoms with E-state index in [1.54, 1.807) is 4.90 Å². The van der Waals surface area contributed by atoms with Crippen LogP contribution >= 0.6 is 11.6 Å². The number of H-pyrrole nitrogens is 1. The molecule has 4 rings (SSSR count). The molecule has 0 atom stereocenters. The molecular formula is C19H15ClF3N3O2. The normalized spacial score (nSPS) is 14.4. The fourth-order valence-corrected chi connectivity index (χ4v) is 3.72. The molecule has 146 valence electrons. The van der Waals surface area contributed by atoms with Gasteiger partial charge in [0, 0.05) is 47.9 Å². The second-order valence-corrected chi connectivity index (χ2v) is 7.11. The van der Waals surface area contributed by atoms with Crippen molar-refractivity contribution in [1.82, 2.24) is 14.5 Å². The zero-order chi connectivity index (χ0) is 20.1. The number of rotatable bonds is 2. The van der Waals surface area contributed by atoms with Gasteiger partial charge in [-0.2, -0.15) is 13.2 Å². The summed E-state index contributed by atoms with van der Waals surface area (Å²) in [6, 6.07) is 8.29. The monoisotopic (exact) mass is 409 g/mol. The van der Waals surface area contributed by atoms with Gasteiger partial charge in [-0.25, -0.2) is 0 Å². The van der Waals surface area contributed by atoms with Crippen molar-refractivity contribution < 1.29 is 18.0 Å². The molecule has 2 aromatic heterocycles. The summed E-state index contributed by atoms with van der Waals surface area (Å²) in [6.45, 7) is 0.250. The van der Waals surface area contributed by atoms with Crippen LogP contribution in [0.2, 0.25) is 5.02 Å². The van der Waals surface area contributed by atoms with Crippen LogP contribution in [0.3, 0.4) is 0 Å². The van der Waals surface area contributed by atoms with E-state index in [0.29, 0.717) is 31.8 Å². The van der Waals surface area contributed by atoms with Gasteiger partial charge in [-0.3, -0.25) is 9.59 Å². The molecule has 1 aliphatic rings. The van der Waals surface area contributed by atoms with Crippen molar-refractivity contribution in [1.29, 1.82) is 0 Å². The Hall–Kier alpha value is -2.74. The van der Waals surface area contributed by atoms with E-state index in [2.05, 4.69) is 4.98 Å². The number of nitrogens with one attached hydrogen (secondary N) is 1. The number of carbonyl (C=O) groups excluding carboxylic acids is 1. The summed E-state index contributed by atoms with van der Waals surface area (Å²) in [7, 11) is 0.